The molecule has 2 heterocycles. The van der Waals surface area contributed by atoms with E-state index in [1.54, 1.807) is 17.8 Å². The molecule has 0 N–H and O–H groups in total. The van der Waals surface area contributed by atoms with Crippen LogP contribution in [0.5, 0.6) is 0 Å². The Morgan fingerprint density at radius 2 is 2.17 bits per heavy atom. The van der Waals surface area contributed by atoms with Gasteiger partial charge in [-0.2, -0.15) is 0 Å². The second kappa shape index (κ2) is 2.27. The predicted octanol–water partition coefficient (Wildman–Crippen LogP) is 1.42. The highest BCUT2D eigenvalue weighted by atomic mass is 19.1. The number of rotatable bonds is 0. The first kappa shape index (κ1) is 7.21. The summed E-state index contributed by atoms with van der Waals surface area (Å²) in [6, 6.07) is 0. The van der Waals surface area contributed by atoms with Gasteiger partial charge in [-0.1, -0.05) is 0 Å². The zero-order chi connectivity index (χ0) is 8.72. The van der Waals surface area contributed by atoms with Crippen molar-refractivity contribution in [2.75, 3.05) is 0 Å². The normalized spacial score (nSPS) is 10.9. The number of aromatic nitrogens is 3. The van der Waals surface area contributed by atoms with E-state index < -0.39 is 0 Å². The van der Waals surface area contributed by atoms with Crippen molar-refractivity contribution in [3.05, 3.63) is 23.9 Å². The molecular formula is C8H8FN3. The SMILES string of the molecule is Cc1c(F)cnc2c1ncn2C. The number of nitrogens with zero attached hydrogens (tertiary/aromatic N) is 3. The smallest absolute Gasteiger partial charge is 0.159 e. The van der Waals surface area contributed by atoms with Crippen molar-refractivity contribution in [1.82, 2.24) is 14.5 Å². The van der Waals surface area contributed by atoms with Gasteiger partial charge in [0, 0.05) is 12.6 Å². The number of fused-ring (bicyclic) bond motifs is 1. The minimum absolute atomic E-state index is 0.304. The molecule has 0 fully saturated rings. The first-order chi connectivity index (χ1) is 5.70. The topological polar surface area (TPSA) is 30.7 Å². The van der Waals surface area contributed by atoms with E-state index in [0.29, 0.717) is 16.7 Å². The minimum atomic E-state index is -0.304. The minimum Gasteiger partial charge on any atom is -0.318 e. The third-order valence-electron chi connectivity index (χ3n) is 1.92. The Labute approximate surface area is 68.9 Å². The number of hydrogen-bond donors (Lipinski definition) is 0. The zero-order valence-electron chi connectivity index (χ0n) is 6.87. The molecular weight excluding hydrogens is 157 g/mol. The predicted molar refractivity (Wildman–Crippen MR) is 43.2 cm³/mol. The Morgan fingerprint density at radius 1 is 1.42 bits per heavy atom. The van der Waals surface area contributed by atoms with E-state index in [1.807, 2.05) is 7.05 Å². The Hall–Kier alpha value is -1.45. The Morgan fingerprint density at radius 3 is 2.92 bits per heavy atom. The number of pyridine rings is 1. The largest absolute Gasteiger partial charge is 0.318 e. The van der Waals surface area contributed by atoms with Crippen LogP contribution in [0.4, 0.5) is 4.39 Å². The third kappa shape index (κ3) is 0.809. The third-order valence-corrected chi connectivity index (χ3v) is 1.92. The molecule has 0 radical (unpaired) electrons. The summed E-state index contributed by atoms with van der Waals surface area (Å²) < 4.78 is 14.7. The molecule has 2 aromatic rings. The van der Waals surface area contributed by atoms with Crippen molar-refractivity contribution in [1.29, 1.82) is 0 Å². The lowest BCUT2D eigenvalue weighted by Gasteiger charge is -1.96. The van der Waals surface area contributed by atoms with Gasteiger partial charge >= 0.3 is 0 Å². The molecule has 0 amide bonds. The summed E-state index contributed by atoms with van der Waals surface area (Å²) in [6.45, 7) is 1.70. The zero-order valence-corrected chi connectivity index (χ0v) is 6.87. The second-order valence-electron chi connectivity index (χ2n) is 2.76. The molecule has 2 rings (SSSR count). The van der Waals surface area contributed by atoms with E-state index in [1.165, 1.54) is 6.20 Å². The molecule has 3 nitrogen and oxygen atoms in total. The highest BCUT2D eigenvalue weighted by molar-refractivity contribution is 5.74. The van der Waals surface area contributed by atoms with E-state index in [9.17, 15) is 4.39 Å². The van der Waals surface area contributed by atoms with Crippen molar-refractivity contribution in [2.45, 2.75) is 6.92 Å². The van der Waals surface area contributed by atoms with E-state index in [2.05, 4.69) is 9.97 Å². The maximum atomic E-state index is 12.9. The molecule has 0 unspecified atom stereocenters. The van der Waals surface area contributed by atoms with Crippen LogP contribution in [-0.2, 0) is 7.05 Å². The summed E-state index contributed by atoms with van der Waals surface area (Å²) >= 11 is 0. The molecule has 0 aliphatic heterocycles. The molecule has 0 bridgehead atoms. The Balaban J connectivity index is 2.93. The van der Waals surface area contributed by atoms with Crippen LogP contribution in [0.25, 0.3) is 11.2 Å². The number of imidazole rings is 1. The van der Waals surface area contributed by atoms with Gasteiger partial charge in [-0.15, -0.1) is 0 Å². The van der Waals surface area contributed by atoms with Gasteiger partial charge < -0.3 is 4.57 Å². The maximum Gasteiger partial charge on any atom is 0.159 e. The van der Waals surface area contributed by atoms with Gasteiger partial charge in [0.1, 0.15) is 11.3 Å². The van der Waals surface area contributed by atoms with Crippen LogP contribution in [0.3, 0.4) is 0 Å². The molecule has 0 atom stereocenters. The van der Waals surface area contributed by atoms with Gasteiger partial charge in [0.15, 0.2) is 5.65 Å². The van der Waals surface area contributed by atoms with Crippen LogP contribution >= 0.6 is 0 Å². The van der Waals surface area contributed by atoms with Crippen molar-refractivity contribution in [2.24, 2.45) is 7.05 Å². The quantitative estimate of drug-likeness (QED) is 0.591. The van der Waals surface area contributed by atoms with E-state index in [0.717, 1.165) is 0 Å². The summed E-state index contributed by atoms with van der Waals surface area (Å²) in [7, 11) is 1.83. The molecule has 0 aromatic carbocycles. The Bertz CT molecular complexity index is 433. The fourth-order valence-corrected chi connectivity index (χ4v) is 1.17. The lowest BCUT2D eigenvalue weighted by molar-refractivity contribution is 0.614. The summed E-state index contributed by atoms with van der Waals surface area (Å²) in [6.07, 6.45) is 2.85. The van der Waals surface area contributed by atoms with Crippen molar-refractivity contribution in [3.8, 4) is 0 Å². The fourth-order valence-electron chi connectivity index (χ4n) is 1.17. The van der Waals surface area contributed by atoms with Gasteiger partial charge in [-0.05, 0) is 6.92 Å². The molecule has 0 aliphatic rings. The Kier molecular flexibility index (Phi) is 1.36. The lowest BCUT2D eigenvalue weighted by Crippen LogP contribution is -1.91. The average molecular weight is 165 g/mol. The second-order valence-corrected chi connectivity index (χ2v) is 2.76. The van der Waals surface area contributed by atoms with Crippen molar-refractivity contribution >= 4 is 11.2 Å². The fraction of sp³-hybridized carbons (Fsp3) is 0.250. The van der Waals surface area contributed by atoms with E-state index in [-0.39, 0.29) is 5.82 Å². The van der Waals surface area contributed by atoms with Crippen LogP contribution < -0.4 is 0 Å². The van der Waals surface area contributed by atoms with E-state index in [4.69, 9.17) is 0 Å². The average Bonchev–Trinajstić information content (AvgIpc) is 2.41. The number of halogens is 1. The van der Waals surface area contributed by atoms with Crippen LogP contribution in [-0.4, -0.2) is 14.5 Å². The van der Waals surface area contributed by atoms with Crippen molar-refractivity contribution < 1.29 is 4.39 Å². The molecule has 4 heteroatoms. The first-order valence-electron chi connectivity index (χ1n) is 3.62. The van der Waals surface area contributed by atoms with Gasteiger partial charge in [-0.25, -0.2) is 14.4 Å². The molecule has 0 saturated carbocycles. The van der Waals surface area contributed by atoms with Crippen LogP contribution in [0.2, 0.25) is 0 Å². The number of hydrogen-bond acceptors (Lipinski definition) is 2. The lowest BCUT2D eigenvalue weighted by atomic mass is 10.2. The summed E-state index contributed by atoms with van der Waals surface area (Å²) in [4.78, 5) is 7.97. The van der Waals surface area contributed by atoms with Crippen LogP contribution in [0.15, 0.2) is 12.5 Å². The van der Waals surface area contributed by atoms with E-state index >= 15 is 0 Å². The van der Waals surface area contributed by atoms with Gasteiger partial charge in [0.25, 0.3) is 0 Å². The summed E-state index contributed by atoms with van der Waals surface area (Å²) in [5.74, 6) is -0.304. The first-order valence-corrected chi connectivity index (χ1v) is 3.62. The molecule has 12 heavy (non-hydrogen) atoms. The molecule has 0 aliphatic carbocycles. The van der Waals surface area contributed by atoms with Gasteiger partial charge in [0.05, 0.1) is 12.5 Å². The molecule has 62 valence electrons. The summed E-state index contributed by atoms with van der Waals surface area (Å²) in [5.41, 5.74) is 1.91. The monoisotopic (exact) mass is 165 g/mol. The maximum absolute atomic E-state index is 12.9. The standard InChI is InChI=1S/C8H8FN3/c1-5-6(9)3-10-8-7(5)11-4-12(8)2/h3-4H,1-2H3. The highest BCUT2D eigenvalue weighted by Gasteiger charge is 2.07. The van der Waals surface area contributed by atoms with Gasteiger partial charge in [0.2, 0.25) is 0 Å². The summed E-state index contributed by atoms with van der Waals surface area (Å²) in [5, 5.41) is 0. The molecule has 0 spiro atoms. The van der Waals surface area contributed by atoms with Crippen molar-refractivity contribution in [3.63, 3.8) is 0 Å². The van der Waals surface area contributed by atoms with Crippen LogP contribution in [0, 0.1) is 12.7 Å². The highest BCUT2D eigenvalue weighted by Crippen LogP contribution is 2.15. The molecule has 2 aromatic heterocycles. The number of aryl methyl sites for hydroxylation is 2. The molecule has 0 saturated heterocycles. The van der Waals surface area contributed by atoms with Crippen LogP contribution in [0.1, 0.15) is 5.56 Å². The van der Waals surface area contributed by atoms with Gasteiger partial charge in [-0.3, -0.25) is 0 Å².